The van der Waals surface area contributed by atoms with Gasteiger partial charge in [-0.3, -0.25) is 4.79 Å². The zero-order valence-corrected chi connectivity index (χ0v) is 25.5. The molecule has 2 unspecified atom stereocenters. The molecular formula is C28H38N3O11P. The highest BCUT2D eigenvalue weighted by atomic mass is 31.2. The molecule has 0 fully saturated rings. The van der Waals surface area contributed by atoms with Crippen molar-refractivity contribution in [1.29, 1.82) is 0 Å². The number of carboxylic acids is 1. The molecule has 0 heterocycles. The fourth-order valence-electron chi connectivity index (χ4n) is 3.07. The molecule has 0 aliphatic rings. The summed E-state index contributed by atoms with van der Waals surface area (Å²) in [7, 11) is -3.51. The minimum atomic E-state index is -4.80. The van der Waals surface area contributed by atoms with Crippen LogP contribution in [-0.4, -0.2) is 60.4 Å². The standard InChI is InChI=1S/C28H38N3O11P/c1-19(2)24(39-27(34)37-17-21-12-8-6-9-13-21)41-43(36,30-26(29)31(5)16-23(32)33)42-25(20(3)4)40-28(35)38-18-22-14-10-7-11-15-22/h6-15,19-20,24-25H,16-18H2,1-5H3,(H,32,33)(H2,29,30,36). The molecule has 236 valence electrons. The molecular weight excluding hydrogens is 585 g/mol. The van der Waals surface area contributed by atoms with Gasteiger partial charge in [-0.05, 0) is 11.1 Å². The normalized spacial score (nSPS) is 14.3. The van der Waals surface area contributed by atoms with Crippen LogP contribution in [0.4, 0.5) is 9.59 Å². The molecule has 0 saturated heterocycles. The van der Waals surface area contributed by atoms with Gasteiger partial charge in [-0.15, -0.1) is 4.76 Å². The zero-order valence-electron chi connectivity index (χ0n) is 24.7. The Morgan fingerprint density at radius 2 is 1.21 bits per heavy atom. The Kier molecular flexibility index (Phi) is 13.9. The van der Waals surface area contributed by atoms with E-state index in [0.717, 1.165) is 4.90 Å². The summed E-state index contributed by atoms with van der Waals surface area (Å²) in [5, 5.41) is 9.10. The third-order valence-electron chi connectivity index (χ3n) is 5.38. The van der Waals surface area contributed by atoms with Crippen LogP contribution >= 0.6 is 7.75 Å². The summed E-state index contributed by atoms with van der Waals surface area (Å²) in [6.07, 6.45) is -5.33. The van der Waals surface area contributed by atoms with Crippen LogP contribution in [0, 0.1) is 11.8 Å². The van der Waals surface area contributed by atoms with Crippen LogP contribution in [0.1, 0.15) is 38.8 Å². The monoisotopic (exact) mass is 623 g/mol. The van der Waals surface area contributed by atoms with E-state index in [4.69, 9.17) is 38.8 Å². The maximum atomic E-state index is 14.0. The van der Waals surface area contributed by atoms with Gasteiger partial charge >= 0.3 is 26.0 Å². The molecule has 0 amide bonds. The third-order valence-corrected chi connectivity index (χ3v) is 6.77. The number of carbonyl (C=O) groups excluding carboxylic acids is 2. The molecule has 0 spiro atoms. The smallest absolute Gasteiger partial charge is 0.480 e. The van der Waals surface area contributed by atoms with E-state index in [1.165, 1.54) is 7.05 Å². The maximum absolute atomic E-state index is 14.0. The fraction of sp³-hybridized carbons (Fsp3) is 0.429. The summed E-state index contributed by atoms with van der Waals surface area (Å²) in [5.74, 6) is -2.99. The molecule has 3 N–H and O–H groups in total. The Hall–Kier alpha value is -4.13. The average Bonchev–Trinajstić information content (AvgIpc) is 2.95. The number of nitrogens with two attached hydrogens (primary N) is 1. The average molecular weight is 624 g/mol. The summed E-state index contributed by atoms with van der Waals surface area (Å²) in [4.78, 5) is 37.0. The number of nitrogens with zero attached hydrogens (tertiary/aromatic N) is 2. The van der Waals surface area contributed by atoms with Gasteiger partial charge in [0.25, 0.3) is 0 Å². The number of benzene rings is 2. The van der Waals surface area contributed by atoms with Crippen LogP contribution in [0.3, 0.4) is 0 Å². The molecule has 0 saturated carbocycles. The van der Waals surface area contributed by atoms with Crippen molar-refractivity contribution in [2.75, 3.05) is 13.6 Å². The van der Waals surface area contributed by atoms with Gasteiger partial charge in [0.05, 0.1) is 0 Å². The van der Waals surface area contributed by atoms with Crippen molar-refractivity contribution in [1.82, 2.24) is 4.90 Å². The lowest BCUT2D eigenvalue weighted by Crippen LogP contribution is -2.38. The minimum Gasteiger partial charge on any atom is -0.480 e. The first-order valence-corrected chi connectivity index (χ1v) is 14.8. The molecule has 14 nitrogen and oxygen atoms in total. The maximum Gasteiger partial charge on any atom is 0.510 e. The van der Waals surface area contributed by atoms with Crippen molar-refractivity contribution < 1.29 is 52.1 Å². The van der Waals surface area contributed by atoms with E-state index in [1.807, 2.05) is 0 Å². The van der Waals surface area contributed by atoms with E-state index in [0.29, 0.717) is 11.1 Å². The van der Waals surface area contributed by atoms with E-state index in [1.54, 1.807) is 88.4 Å². The number of aliphatic carboxylic acids is 1. The Morgan fingerprint density at radius 1 is 0.814 bits per heavy atom. The number of carbonyl (C=O) groups is 3. The van der Waals surface area contributed by atoms with E-state index < -0.39 is 62.9 Å². The highest BCUT2D eigenvalue weighted by Gasteiger charge is 2.39. The van der Waals surface area contributed by atoms with Gasteiger partial charge in [0.15, 0.2) is 0 Å². The SMILES string of the molecule is CC(C)C(OC(=O)OCc1ccccc1)OP(=O)(/N=C(/N)N(C)CC(=O)O)OC(OC(=O)OCc1ccccc1)C(C)C. The summed E-state index contributed by atoms with van der Waals surface area (Å²) in [5.41, 5.74) is 7.30. The Balaban J connectivity index is 2.24. The second kappa shape index (κ2) is 17.1. The third kappa shape index (κ3) is 13.2. The van der Waals surface area contributed by atoms with Crippen molar-refractivity contribution >= 4 is 32.0 Å². The van der Waals surface area contributed by atoms with Gasteiger partial charge in [0.2, 0.25) is 18.5 Å². The topological polar surface area (TPSA) is 186 Å². The van der Waals surface area contributed by atoms with Crippen LogP contribution in [0.5, 0.6) is 0 Å². The van der Waals surface area contributed by atoms with Gasteiger partial charge in [-0.25, -0.2) is 23.2 Å². The molecule has 0 radical (unpaired) electrons. The van der Waals surface area contributed by atoms with Crippen molar-refractivity contribution in [2.45, 2.75) is 53.5 Å². The second-order valence-corrected chi connectivity index (χ2v) is 11.5. The lowest BCUT2D eigenvalue weighted by molar-refractivity contribution is -0.137. The van der Waals surface area contributed by atoms with E-state index in [2.05, 4.69) is 4.76 Å². The van der Waals surface area contributed by atoms with E-state index in [-0.39, 0.29) is 13.2 Å². The number of rotatable bonds is 15. The summed E-state index contributed by atoms with van der Waals surface area (Å²) in [6, 6.07) is 17.7. The lowest BCUT2D eigenvalue weighted by atomic mass is 10.2. The first-order chi connectivity index (χ1) is 20.3. The van der Waals surface area contributed by atoms with Gasteiger partial charge in [-0.2, -0.15) is 0 Å². The molecule has 2 atom stereocenters. The van der Waals surface area contributed by atoms with Gasteiger partial charge in [-0.1, -0.05) is 88.4 Å². The lowest BCUT2D eigenvalue weighted by Gasteiger charge is -2.28. The van der Waals surface area contributed by atoms with Crippen molar-refractivity contribution in [3.8, 4) is 0 Å². The minimum absolute atomic E-state index is 0.0991. The molecule has 0 aliphatic heterocycles. The molecule has 0 bridgehead atoms. The molecule has 0 aromatic heterocycles. The molecule has 2 aromatic carbocycles. The van der Waals surface area contributed by atoms with Gasteiger partial charge in [0.1, 0.15) is 19.8 Å². The van der Waals surface area contributed by atoms with Crippen molar-refractivity contribution in [2.24, 2.45) is 22.3 Å². The molecule has 15 heteroatoms. The zero-order chi connectivity index (χ0) is 32.0. The first-order valence-electron chi connectivity index (χ1n) is 13.3. The number of guanidine groups is 1. The Bertz CT molecular complexity index is 1180. The summed E-state index contributed by atoms with van der Waals surface area (Å²) < 4.78 is 49.8. The van der Waals surface area contributed by atoms with E-state index >= 15 is 0 Å². The summed E-state index contributed by atoms with van der Waals surface area (Å²) >= 11 is 0. The Morgan fingerprint density at radius 3 is 1.56 bits per heavy atom. The second-order valence-electron chi connectivity index (χ2n) is 9.90. The molecule has 0 aliphatic carbocycles. The van der Waals surface area contributed by atoms with Crippen LogP contribution in [0.25, 0.3) is 0 Å². The number of likely N-dealkylation sites (N-methyl/N-ethyl adjacent to an activating group) is 1. The predicted molar refractivity (Wildman–Crippen MR) is 154 cm³/mol. The number of hydrogen-bond donors (Lipinski definition) is 2. The van der Waals surface area contributed by atoms with Crippen LogP contribution in [-0.2, 0) is 50.6 Å². The molecule has 43 heavy (non-hydrogen) atoms. The van der Waals surface area contributed by atoms with Crippen molar-refractivity contribution in [3.63, 3.8) is 0 Å². The Labute approximate surface area is 250 Å². The number of hydrogen-bond acceptors (Lipinski definition) is 10. The quantitative estimate of drug-likeness (QED) is 0.0875. The molecule has 2 rings (SSSR count). The summed E-state index contributed by atoms with van der Waals surface area (Å²) in [6.45, 7) is 5.60. The van der Waals surface area contributed by atoms with Crippen LogP contribution in [0.2, 0.25) is 0 Å². The number of ether oxygens (including phenoxy) is 4. The van der Waals surface area contributed by atoms with Gasteiger partial charge in [0, 0.05) is 18.9 Å². The fourth-order valence-corrected chi connectivity index (χ4v) is 4.72. The van der Waals surface area contributed by atoms with Crippen LogP contribution < -0.4 is 5.73 Å². The highest BCUT2D eigenvalue weighted by Crippen LogP contribution is 2.54. The number of carboxylic acid groups (broad SMARTS) is 1. The first kappa shape index (κ1) is 35.1. The largest absolute Gasteiger partial charge is 0.510 e. The highest BCUT2D eigenvalue weighted by molar-refractivity contribution is 7.52. The predicted octanol–water partition coefficient (Wildman–Crippen LogP) is 5.13. The van der Waals surface area contributed by atoms with E-state index in [9.17, 15) is 18.9 Å². The van der Waals surface area contributed by atoms with Gasteiger partial charge < -0.3 is 34.7 Å². The molecule has 2 aromatic rings. The van der Waals surface area contributed by atoms with Crippen LogP contribution in [0.15, 0.2) is 65.4 Å². The van der Waals surface area contributed by atoms with Crippen molar-refractivity contribution in [3.05, 3.63) is 71.8 Å².